The van der Waals surface area contributed by atoms with E-state index in [4.69, 9.17) is 37.9 Å². The number of esters is 6. The van der Waals surface area contributed by atoms with Crippen LogP contribution in [0.25, 0.3) is 0 Å². The summed E-state index contributed by atoms with van der Waals surface area (Å²) < 4.78 is 60.3. The molecule has 0 radical (unpaired) electrons. The van der Waals surface area contributed by atoms with Crippen molar-refractivity contribution in [2.24, 2.45) is 0 Å². The first-order chi connectivity index (χ1) is 47.5. The molecular formula is C82H112O16. The van der Waals surface area contributed by atoms with Crippen LogP contribution >= 0.6 is 0 Å². The first-order valence-corrected chi connectivity index (χ1v) is 36.1. The molecule has 5 rings (SSSR count). The predicted molar refractivity (Wildman–Crippen MR) is 385 cm³/mol. The number of ether oxygens (including phenoxy) is 10. The second-order valence-electron chi connectivity index (χ2n) is 25.6. The van der Waals surface area contributed by atoms with Crippen LogP contribution in [0.3, 0.4) is 0 Å². The molecule has 0 fully saturated rings. The summed E-state index contributed by atoms with van der Waals surface area (Å²) in [6.45, 7) is 21.0. The van der Waals surface area contributed by atoms with Crippen molar-refractivity contribution in [2.45, 2.75) is 221 Å². The Morgan fingerprint density at radius 1 is 0.316 bits per heavy atom. The maximum atomic E-state index is 12.8. The van der Waals surface area contributed by atoms with E-state index in [1.807, 2.05) is 0 Å². The summed E-state index contributed by atoms with van der Waals surface area (Å²) in [5.41, 5.74) is 13.1. The van der Waals surface area contributed by atoms with Gasteiger partial charge in [0.25, 0.3) is 0 Å². The van der Waals surface area contributed by atoms with Gasteiger partial charge in [-0.25, -0.2) is 28.8 Å². The fourth-order valence-electron chi connectivity index (χ4n) is 11.9. The van der Waals surface area contributed by atoms with Crippen LogP contribution in [0.5, 0.6) is 23.0 Å². The zero-order valence-electron chi connectivity index (χ0n) is 60.3. The molecule has 4 aromatic carbocycles. The van der Waals surface area contributed by atoms with Gasteiger partial charge in [0.05, 0.1) is 67.1 Å². The molecule has 0 spiro atoms. The largest absolute Gasteiger partial charge is 0.493 e. The van der Waals surface area contributed by atoms with Gasteiger partial charge >= 0.3 is 35.8 Å². The minimum atomic E-state index is -0.676. The second-order valence-corrected chi connectivity index (χ2v) is 25.6. The van der Waals surface area contributed by atoms with Crippen LogP contribution in [0.2, 0.25) is 0 Å². The highest BCUT2D eigenvalue weighted by Gasteiger charge is 2.26. The third kappa shape index (κ3) is 29.5. The van der Waals surface area contributed by atoms with Crippen molar-refractivity contribution in [3.05, 3.63) is 164 Å². The molecule has 0 unspecified atom stereocenters. The Balaban J connectivity index is 1.90. The topological polar surface area (TPSA) is 195 Å². The van der Waals surface area contributed by atoms with Crippen LogP contribution in [0, 0.1) is 0 Å². The zero-order valence-corrected chi connectivity index (χ0v) is 60.3. The van der Waals surface area contributed by atoms with E-state index in [0.29, 0.717) is 74.0 Å². The van der Waals surface area contributed by atoms with E-state index in [1.54, 1.807) is 13.8 Å². The van der Waals surface area contributed by atoms with Gasteiger partial charge in [-0.3, -0.25) is 0 Å². The van der Waals surface area contributed by atoms with Gasteiger partial charge in [0.15, 0.2) is 0 Å². The first-order valence-electron chi connectivity index (χ1n) is 36.1. The van der Waals surface area contributed by atoms with Crippen molar-refractivity contribution in [1.82, 2.24) is 0 Å². The minimum absolute atomic E-state index is 0.0285. The lowest BCUT2D eigenvalue weighted by molar-refractivity contribution is -0.140. The van der Waals surface area contributed by atoms with Crippen molar-refractivity contribution in [2.75, 3.05) is 67.1 Å². The van der Waals surface area contributed by atoms with E-state index in [9.17, 15) is 28.8 Å². The quantitative estimate of drug-likeness (QED) is 0.0154. The van der Waals surface area contributed by atoms with Crippen LogP contribution in [0.15, 0.2) is 97.1 Å². The van der Waals surface area contributed by atoms with Gasteiger partial charge in [0, 0.05) is 86.8 Å². The SMILES string of the molecule is C=C(C)C(=O)OCCCOc1c2cc(CCCCCC)cc1Cc1cc(CCCCCC)cc(c1OCCCOC(=O)C(=C)C)Cc1cc(CCCCCC)cc(c1OCCCOC(=O)/C=C\C(=O)OC)Cc1cc(CCCCCC)cc(c1OCCCOC(=O)/C=C\C(=O)OC)C2. The zero-order chi connectivity index (χ0) is 70.9. The monoisotopic (exact) mass is 1350 g/mol. The summed E-state index contributed by atoms with van der Waals surface area (Å²) in [6, 6.07) is 18.4. The minimum Gasteiger partial charge on any atom is -0.493 e. The molecule has 4 aromatic rings. The molecule has 0 saturated heterocycles. The summed E-state index contributed by atoms with van der Waals surface area (Å²) in [5.74, 6) is -0.715. The predicted octanol–water partition coefficient (Wildman–Crippen LogP) is 16.7. The molecule has 0 amide bonds. The fourth-order valence-corrected chi connectivity index (χ4v) is 11.9. The van der Waals surface area contributed by atoms with E-state index < -0.39 is 35.8 Å². The van der Waals surface area contributed by atoms with Gasteiger partial charge in [-0.15, -0.1) is 0 Å². The molecule has 0 N–H and O–H groups in total. The molecule has 98 heavy (non-hydrogen) atoms. The van der Waals surface area contributed by atoms with Crippen molar-refractivity contribution < 1.29 is 76.1 Å². The van der Waals surface area contributed by atoms with Crippen LogP contribution in [-0.4, -0.2) is 103 Å². The molecule has 0 aromatic heterocycles. The number of carbonyl (C=O) groups is 6. The van der Waals surface area contributed by atoms with E-state index in [1.165, 1.54) is 36.5 Å². The number of hydrogen-bond acceptors (Lipinski definition) is 16. The Bertz CT molecular complexity index is 3060. The van der Waals surface area contributed by atoms with Gasteiger partial charge in [0.2, 0.25) is 0 Å². The molecule has 0 atom stereocenters. The van der Waals surface area contributed by atoms with Gasteiger partial charge in [-0.2, -0.15) is 0 Å². The number of rotatable bonds is 46. The van der Waals surface area contributed by atoms with Crippen LogP contribution in [0.4, 0.5) is 0 Å². The van der Waals surface area contributed by atoms with E-state index in [0.717, 1.165) is 209 Å². The maximum absolute atomic E-state index is 12.8. The Hall–Kier alpha value is -8.14. The highest BCUT2D eigenvalue weighted by atomic mass is 16.6. The maximum Gasteiger partial charge on any atom is 0.333 e. The number of benzene rings is 4. The van der Waals surface area contributed by atoms with Crippen molar-refractivity contribution in [1.29, 1.82) is 0 Å². The van der Waals surface area contributed by atoms with Gasteiger partial charge in [-0.05, 0) is 132 Å². The molecule has 0 saturated carbocycles. The van der Waals surface area contributed by atoms with E-state index >= 15 is 0 Å². The molecule has 0 heterocycles. The number of unbranched alkanes of at least 4 members (excludes halogenated alkanes) is 12. The van der Waals surface area contributed by atoms with Crippen molar-refractivity contribution in [3.63, 3.8) is 0 Å². The highest BCUT2D eigenvalue weighted by molar-refractivity contribution is 5.92. The highest BCUT2D eigenvalue weighted by Crippen LogP contribution is 2.42. The van der Waals surface area contributed by atoms with Crippen LogP contribution in [-0.2, 0) is 109 Å². The van der Waals surface area contributed by atoms with E-state index in [2.05, 4.69) is 98.9 Å². The lowest BCUT2D eigenvalue weighted by Gasteiger charge is -2.25. The standard InChI is InChI=1S/C82H112O16/c1-11-15-19-23-31-61-47-65-55-66-48-62(32-24-20-16-12-2)50-68(78(66)94-42-28-40-92-76(86)38-36-74(84)90-10)57-70-52-64(34-26-22-18-14-4)54-72(80(70)96-44-30-46-98-82(88)60(7)8)58-71-53-63(33-25-21-17-13-3)51-69(79(71)95-43-29-45-97-81(87)59(5)6)56-67(49-61)77(65)93-41-27-39-91-75(85)37-35-73(83)89-9/h35-38,47-54H,5,7,11-34,39-46,55-58H2,1-4,6,8-10H3/b37-35-,38-36-. The third-order valence-corrected chi connectivity index (χ3v) is 16.9. The van der Waals surface area contributed by atoms with Gasteiger partial charge in [0.1, 0.15) is 23.0 Å². The van der Waals surface area contributed by atoms with Crippen molar-refractivity contribution in [3.8, 4) is 23.0 Å². The molecule has 1 aliphatic carbocycles. The summed E-state index contributed by atoms with van der Waals surface area (Å²) >= 11 is 0. The second kappa shape index (κ2) is 46.2. The Morgan fingerprint density at radius 2 is 0.541 bits per heavy atom. The number of aryl methyl sites for hydroxylation is 4. The Labute approximate surface area is 584 Å². The molecule has 16 nitrogen and oxygen atoms in total. The molecule has 16 heteroatoms. The summed E-state index contributed by atoms with van der Waals surface area (Å²) in [6.07, 6.45) is 27.9. The van der Waals surface area contributed by atoms with Crippen LogP contribution in [0.1, 0.15) is 237 Å². The number of fused-ring (bicyclic) bond motifs is 8. The van der Waals surface area contributed by atoms with Crippen molar-refractivity contribution >= 4 is 35.8 Å². The van der Waals surface area contributed by atoms with E-state index in [-0.39, 0.29) is 52.9 Å². The third-order valence-electron chi connectivity index (χ3n) is 16.9. The van der Waals surface area contributed by atoms with Crippen LogP contribution < -0.4 is 18.9 Å². The average molecular weight is 1350 g/mol. The molecular weight excluding hydrogens is 1240 g/mol. The Morgan fingerprint density at radius 3 is 0.755 bits per heavy atom. The van der Waals surface area contributed by atoms with Gasteiger partial charge < -0.3 is 47.4 Å². The average Bonchev–Trinajstić information content (AvgIpc) is 0.779. The smallest absolute Gasteiger partial charge is 0.333 e. The lowest BCUT2D eigenvalue weighted by Crippen LogP contribution is -2.14. The summed E-state index contributed by atoms with van der Waals surface area (Å²) in [4.78, 5) is 74.6. The molecule has 8 bridgehead atoms. The molecule has 0 aliphatic heterocycles. The van der Waals surface area contributed by atoms with Gasteiger partial charge in [-0.1, -0.05) is 166 Å². The Kier molecular flexibility index (Phi) is 38.0. The first kappa shape index (κ1) is 80.5. The molecule has 536 valence electrons. The summed E-state index contributed by atoms with van der Waals surface area (Å²) in [5, 5.41) is 0. The number of carbonyl (C=O) groups excluding carboxylic acids is 6. The normalized spacial score (nSPS) is 11.8. The molecule has 1 aliphatic rings. The number of methoxy groups -OCH3 is 2. The fraction of sp³-hybridized carbons (Fsp3) is 0.537. The number of hydrogen-bond donors (Lipinski definition) is 0. The summed E-state index contributed by atoms with van der Waals surface area (Å²) in [7, 11) is 2.48. The lowest BCUT2D eigenvalue weighted by atomic mass is 9.87.